The Kier molecular flexibility index (Phi) is 5.69. The maximum absolute atomic E-state index is 11.9. The SMILES string of the molecule is COc1cc(-c2[nH]c(=S)[nH]c(=O)c2C#N)ccc1OCCc1ccccc1. The monoisotopic (exact) mass is 379 g/mol. The predicted octanol–water partition coefficient (Wildman–Crippen LogP) is 3.60. The Balaban J connectivity index is 1.86. The lowest BCUT2D eigenvalue weighted by molar-refractivity contribution is 0.298. The molecule has 0 atom stereocenters. The van der Waals surface area contributed by atoms with Crippen molar-refractivity contribution in [3.8, 4) is 28.8 Å². The summed E-state index contributed by atoms with van der Waals surface area (Å²) in [5.74, 6) is 1.09. The molecule has 1 heterocycles. The van der Waals surface area contributed by atoms with Gasteiger partial charge < -0.3 is 14.5 Å². The van der Waals surface area contributed by atoms with E-state index in [0.29, 0.717) is 29.4 Å². The number of hydrogen-bond acceptors (Lipinski definition) is 5. The third-order valence-corrected chi connectivity index (χ3v) is 4.20. The molecule has 3 rings (SSSR count). The van der Waals surface area contributed by atoms with Gasteiger partial charge in [-0.15, -0.1) is 0 Å². The van der Waals surface area contributed by atoms with E-state index in [1.165, 1.54) is 12.7 Å². The van der Waals surface area contributed by atoms with Crippen molar-refractivity contribution >= 4 is 12.2 Å². The maximum Gasteiger partial charge on any atom is 0.270 e. The van der Waals surface area contributed by atoms with Crippen LogP contribution in [0.2, 0.25) is 0 Å². The van der Waals surface area contributed by atoms with Crippen molar-refractivity contribution in [3.63, 3.8) is 0 Å². The smallest absolute Gasteiger partial charge is 0.270 e. The Labute approximate surface area is 161 Å². The van der Waals surface area contributed by atoms with Gasteiger partial charge >= 0.3 is 0 Å². The van der Waals surface area contributed by atoms with E-state index in [-0.39, 0.29) is 10.3 Å². The summed E-state index contributed by atoms with van der Waals surface area (Å²) in [4.78, 5) is 17.2. The molecule has 1 aromatic heterocycles. The van der Waals surface area contributed by atoms with E-state index in [2.05, 4.69) is 9.97 Å². The Bertz CT molecular complexity index is 1100. The third-order valence-electron chi connectivity index (χ3n) is 4.00. The van der Waals surface area contributed by atoms with Gasteiger partial charge in [-0.05, 0) is 36.0 Å². The molecule has 0 radical (unpaired) electrons. The first-order valence-corrected chi connectivity index (χ1v) is 8.65. The zero-order valence-corrected chi connectivity index (χ0v) is 15.4. The molecule has 0 saturated carbocycles. The van der Waals surface area contributed by atoms with Gasteiger partial charge in [0.1, 0.15) is 11.6 Å². The van der Waals surface area contributed by atoms with E-state index in [9.17, 15) is 10.1 Å². The number of benzene rings is 2. The summed E-state index contributed by atoms with van der Waals surface area (Å²) in [6, 6.07) is 17.1. The Morgan fingerprint density at radius 3 is 2.59 bits per heavy atom. The number of rotatable bonds is 6. The fourth-order valence-corrected chi connectivity index (χ4v) is 2.87. The number of nitrogens with zero attached hydrogens (tertiary/aromatic N) is 1. The number of nitrogens with one attached hydrogen (secondary N) is 2. The van der Waals surface area contributed by atoms with Crippen LogP contribution in [0.5, 0.6) is 11.5 Å². The van der Waals surface area contributed by atoms with Gasteiger partial charge in [0.2, 0.25) is 0 Å². The van der Waals surface area contributed by atoms with E-state index in [4.69, 9.17) is 21.7 Å². The molecule has 27 heavy (non-hydrogen) atoms. The minimum atomic E-state index is -0.529. The van der Waals surface area contributed by atoms with Gasteiger partial charge in [0, 0.05) is 12.0 Å². The minimum absolute atomic E-state index is 0.0385. The second-order valence-corrected chi connectivity index (χ2v) is 6.13. The van der Waals surface area contributed by atoms with Gasteiger partial charge in [-0.1, -0.05) is 30.3 Å². The average molecular weight is 379 g/mol. The number of aromatic nitrogens is 2. The largest absolute Gasteiger partial charge is 0.493 e. The molecule has 0 amide bonds. The molecule has 3 aromatic rings. The summed E-state index contributed by atoms with van der Waals surface area (Å²) in [6.07, 6.45) is 0.769. The first-order chi connectivity index (χ1) is 13.1. The highest BCUT2D eigenvalue weighted by Crippen LogP contribution is 2.32. The molecule has 0 fully saturated rings. The molecule has 0 saturated heterocycles. The quantitative estimate of drug-likeness (QED) is 0.639. The van der Waals surface area contributed by atoms with Crippen LogP contribution in [0.25, 0.3) is 11.3 Å². The molecule has 0 spiro atoms. The van der Waals surface area contributed by atoms with Crippen molar-refractivity contribution < 1.29 is 9.47 Å². The van der Waals surface area contributed by atoms with Crippen LogP contribution in [-0.4, -0.2) is 23.7 Å². The normalized spacial score (nSPS) is 10.2. The standard InChI is InChI=1S/C20H17N3O3S/c1-25-17-11-14(18-15(12-21)19(24)23-20(27)22-18)7-8-16(17)26-10-9-13-5-3-2-4-6-13/h2-8,11H,9-10H2,1H3,(H2,22,23,24,27). The van der Waals surface area contributed by atoms with E-state index in [1.54, 1.807) is 18.2 Å². The Hall–Kier alpha value is -3.37. The van der Waals surface area contributed by atoms with Gasteiger partial charge in [-0.3, -0.25) is 9.78 Å². The molecule has 2 N–H and O–H groups in total. The fourth-order valence-electron chi connectivity index (χ4n) is 2.68. The lowest BCUT2D eigenvalue weighted by Gasteiger charge is -2.13. The van der Waals surface area contributed by atoms with Crippen LogP contribution >= 0.6 is 12.2 Å². The summed E-state index contributed by atoms with van der Waals surface area (Å²) < 4.78 is 11.4. The number of H-pyrrole nitrogens is 2. The number of aromatic amines is 2. The van der Waals surface area contributed by atoms with Crippen LogP contribution in [0.3, 0.4) is 0 Å². The highest BCUT2D eigenvalue weighted by atomic mass is 32.1. The topological polar surface area (TPSA) is 90.9 Å². The van der Waals surface area contributed by atoms with Crippen LogP contribution in [-0.2, 0) is 6.42 Å². The molecule has 0 aliphatic heterocycles. The van der Waals surface area contributed by atoms with E-state index < -0.39 is 5.56 Å². The molecule has 0 aliphatic carbocycles. The van der Waals surface area contributed by atoms with Gasteiger partial charge in [0.05, 0.1) is 19.4 Å². The molecule has 7 heteroatoms. The highest BCUT2D eigenvalue weighted by molar-refractivity contribution is 7.71. The lowest BCUT2D eigenvalue weighted by Crippen LogP contribution is -2.13. The minimum Gasteiger partial charge on any atom is -0.493 e. The fraction of sp³-hybridized carbons (Fsp3) is 0.150. The maximum atomic E-state index is 11.9. The van der Waals surface area contributed by atoms with Crippen LogP contribution < -0.4 is 15.0 Å². The van der Waals surface area contributed by atoms with Gasteiger partial charge in [0.25, 0.3) is 5.56 Å². The average Bonchev–Trinajstić information content (AvgIpc) is 2.68. The zero-order valence-electron chi connectivity index (χ0n) is 14.6. The molecule has 136 valence electrons. The van der Waals surface area contributed by atoms with Crippen molar-refractivity contribution in [3.05, 3.63) is 74.8 Å². The van der Waals surface area contributed by atoms with Gasteiger partial charge in [-0.2, -0.15) is 5.26 Å². The zero-order chi connectivity index (χ0) is 19.2. The number of hydrogen-bond donors (Lipinski definition) is 2. The van der Waals surface area contributed by atoms with E-state index in [0.717, 1.165) is 6.42 Å². The number of methoxy groups -OCH3 is 1. The molecule has 0 bridgehead atoms. The predicted molar refractivity (Wildman–Crippen MR) is 105 cm³/mol. The lowest BCUT2D eigenvalue weighted by atomic mass is 10.1. The summed E-state index contributed by atoms with van der Waals surface area (Å²) in [5.41, 5.74) is 1.57. The number of ether oxygens (including phenoxy) is 2. The van der Waals surface area contributed by atoms with Crippen LogP contribution in [0, 0.1) is 16.1 Å². The van der Waals surface area contributed by atoms with E-state index in [1.807, 2.05) is 36.4 Å². The first kappa shape index (κ1) is 18.4. The molecule has 0 aliphatic rings. The third kappa shape index (κ3) is 4.25. The van der Waals surface area contributed by atoms with Crippen molar-refractivity contribution in [1.82, 2.24) is 9.97 Å². The Morgan fingerprint density at radius 2 is 1.89 bits per heavy atom. The summed E-state index contributed by atoms with van der Waals surface area (Å²) in [6.45, 7) is 0.497. The second kappa shape index (κ2) is 8.34. The molecule has 2 aromatic carbocycles. The van der Waals surface area contributed by atoms with Crippen LogP contribution in [0.15, 0.2) is 53.3 Å². The van der Waals surface area contributed by atoms with Crippen LogP contribution in [0.1, 0.15) is 11.1 Å². The van der Waals surface area contributed by atoms with Crippen LogP contribution in [0.4, 0.5) is 0 Å². The van der Waals surface area contributed by atoms with E-state index >= 15 is 0 Å². The summed E-state index contributed by atoms with van der Waals surface area (Å²) in [7, 11) is 1.54. The second-order valence-electron chi connectivity index (χ2n) is 5.72. The molecule has 6 nitrogen and oxygen atoms in total. The van der Waals surface area contributed by atoms with Crippen molar-refractivity contribution in [2.45, 2.75) is 6.42 Å². The van der Waals surface area contributed by atoms with Crippen molar-refractivity contribution in [2.24, 2.45) is 0 Å². The van der Waals surface area contributed by atoms with Gasteiger partial charge in [0.15, 0.2) is 16.3 Å². The van der Waals surface area contributed by atoms with Crippen molar-refractivity contribution in [1.29, 1.82) is 5.26 Å². The molecular weight excluding hydrogens is 362 g/mol. The Morgan fingerprint density at radius 1 is 1.11 bits per heavy atom. The summed E-state index contributed by atoms with van der Waals surface area (Å²) >= 11 is 5.01. The summed E-state index contributed by atoms with van der Waals surface area (Å²) in [5, 5.41) is 9.28. The molecule has 0 unspecified atom stereocenters. The molecular formula is C20H17N3O3S. The van der Waals surface area contributed by atoms with Crippen molar-refractivity contribution in [2.75, 3.05) is 13.7 Å². The highest BCUT2D eigenvalue weighted by Gasteiger charge is 2.13. The number of nitriles is 1. The first-order valence-electron chi connectivity index (χ1n) is 8.24. The van der Waals surface area contributed by atoms with Gasteiger partial charge in [-0.25, -0.2) is 0 Å².